The van der Waals surface area contributed by atoms with E-state index in [9.17, 15) is 0 Å². The molecule has 312 valence electrons. The Kier molecular flexibility index (Phi) is 8.62. The zero-order valence-electron chi connectivity index (χ0n) is 37.0. The molecule has 1 spiro atoms. The van der Waals surface area contributed by atoms with Gasteiger partial charge in [0.15, 0.2) is 0 Å². The van der Waals surface area contributed by atoms with Gasteiger partial charge in [0.1, 0.15) is 8.07 Å². The number of hydrogen-bond donors (Lipinski definition) is 0. The van der Waals surface area contributed by atoms with Gasteiger partial charge < -0.3 is 9.47 Å². The minimum Gasteiger partial charge on any atom is -0.311 e. The fourth-order valence-electron chi connectivity index (χ4n) is 11.6. The maximum Gasteiger partial charge on any atom is 0.113 e. The molecule has 0 amide bonds. The molecule has 3 heteroatoms. The first kappa shape index (κ1) is 38.5. The van der Waals surface area contributed by atoms with Crippen LogP contribution in [-0.2, 0) is 5.41 Å². The average molecular weight is 859 g/mol. The lowest BCUT2D eigenvalue weighted by Gasteiger charge is -2.49. The minimum absolute atomic E-state index is 0.514. The predicted octanol–water partition coefficient (Wildman–Crippen LogP) is 15.1. The highest BCUT2D eigenvalue weighted by molar-refractivity contribution is 7.01. The Hall–Kier alpha value is -7.98. The smallest absolute Gasteiger partial charge is 0.113 e. The Morgan fingerprint density at radius 2 is 0.803 bits per heavy atom. The van der Waals surface area contributed by atoms with Crippen LogP contribution in [0.15, 0.2) is 243 Å². The van der Waals surface area contributed by atoms with Crippen LogP contribution in [0.2, 0.25) is 13.1 Å². The monoisotopic (exact) mass is 858 g/mol. The van der Waals surface area contributed by atoms with Crippen LogP contribution in [0.1, 0.15) is 22.3 Å². The Morgan fingerprint density at radius 3 is 1.44 bits per heavy atom. The van der Waals surface area contributed by atoms with Crippen LogP contribution >= 0.6 is 0 Å². The quantitative estimate of drug-likeness (QED) is 0.151. The summed E-state index contributed by atoms with van der Waals surface area (Å²) in [6, 6.07) is 90.4. The van der Waals surface area contributed by atoms with Crippen molar-refractivity contribution in [3.8, 4) is 39.1 Å². The molecule has 0 bridgehead atoms. The minimum atomic E-state index is -2.16. The molecule has 3 heterocycles. The van der Waals surface area contributed by atoms with E-state index < -0.39 is 13.5 Å². The van der Waals surface area contributed by atoms with Crippen molar-refractivity contribution in [1.29, 1.82) is 0 Å². The second-order valence-electron chi connectivity index (χ2n) is 18.5. The summed E-state index contributed by atoms with van der Waals surface area (Å²) in [7, 11) is -2.16. The van der Waals surface area contributed by atoms with E-state index in [1.54, 1.807) is 0 Å². The fourth-order valence-corrected chi connectivity index (χ4v) is 14.8. The molecule has 0 saturated carbocycles. The lowest BCUT2D eigenvalue weighted by atomic mass is 9.62. The summed E-state index contributed by atoms with van der Waals surface area (Å²) in [6.07, 6.45) is 0. The van der Waals surface area contributed by atoms with Gasteiger partial charge in [-0.05, 0) is 121 Å². The number of benzene rings is 10. The molecule has 66 heavy (non-hydrogen) atoms. The summed E-state index contributed by atoms with van der Waals surface area (Å²) in [4.78, 5) is 2.37. The number of para-hydroxylation sites is 3. The zero-order chi connectivity index (χ0) is 44.0. The molecule has 2 aliphatic rings. The summed E-state index contributed by atoms with van der Waals surface area (Å²) in [5, 5.41) is 5.61. The lowest BCUT2D eigenvalue weighted by molar-refractivity contribution is 0.732. The third-order valence-electron chi connectivity index (χ3n) is 14.7. The molecule has 0 radical (unpaired) electrons. The number of anilines is 3. The Morgan fingerprint density at radius 1 is 0.348 bits per heavy atom. The van der Waals surface area contributed by atoms with E-state index in [0.29, 0.717) is 0 Å². The van der Waals surface area contributed by atoms with Gasteiger partial charge in [-0.15, -0.1) is 0 Å². The highest BCUT2D eigenvalue weighted by atomic mass is 28.3. The van der Waals surface area contributed by atoms with Crippen molar-refractivity contribution in [2.45, 2.75) is 18.5 Å². The van der Waals surface area contributed by atoms with Crippen LogP contribution in [0.5, 0.6) is 0 Å². The summed E-state index contributed by atoms with van der Waals surface area (Å²) in [6.45, 7) is 5.09. The van der Waals surface area contributed by atoms with E-state index in [0.717, 1.165) is 17.1 Å². The van der Waals surface area contributed by atoms with E-state index in [2.05, 4.69) is 265 Å². The largest absolute Gasteiger partial charge is 0.311 e. The van der Waals surface area contributed by atoms with Crippen molar-refractivity contribution < 1.29 is 0 Å². The molecule has 2 aliphatic heterocycles. The SMILES string of the molecule is C[Si]1(C)c2ccccc2C2(c3ccccc3-n3c4ccccc4c4cccc2c43)c2cc(-c3ccc(N(c4ccc(-c5ccccc5)cc4)c4ccc(-c5ccccc5)cc4)cc3)ccc21. The summed E-state index contributed by atoms with van der Waals surface area (Å²) in [5.41, 5.74) is 19.4. The fraction of sp³-hybridized carbons (Fsp3) is 0.0476. The molecule has 2 nitrogen and oxygen atoms in total. The summed E-state index contributed by atoms with van der Waals surface area (Å²) < 4.78 is 2.54. The molecule has 11 aromatic rings. The molecule has 0 aliphatic carbocycles. The molecular formula is C63H46N2Si. The van der Waals surface area contributed by atoms with Crippen LogP contribution in [-0.4, -0.2) is 12.6 Å². The summed E-state index contributed by atoms with van der Waals surface area (Å²) in [5.74, 6) is 0. The predicted molar refractivity (Wildman–Crippen MR) is 280 cm³/mol. The third-order valence-corrected chi connectivity index (χ3v) is 18.2. The number of aromatic nitrogens is 1. The van der Waals surface area contributed by atoms with Crippen molar-refractivity contribution in [1.82, 2.24) is 4.57 Å². The lowest BCUT2D eigenvalue weighted by Crippen LogP contribution is -2.63. The van der Waals surface area contributed by atoms with Gasteiger partial charge in [-0.25, -0.2) is 0 Å². The molecule has 13 rings (SSSR count). The number of hydrogen-bond acceptors (Lipinski definition) is 1. The Labute approximate surface area is 387 Å². The third kappa shape index (κ3) is 5.60. The van der Waals surface area contributed by atoms with Crippen molar-refractivity contribution in [2.24, 2.45) is 0 Å². The second-order valence-corrected chi connectivity index (χ2v) is 22.8. The van der Waals surface area contributed by atoms with E-state index in [1.807, 2.05) is 0 Å². The normalized spacial score (nSPS) is 15.3. The Bertz CT molecular complexity index is 3560. The van der Waals surface area contributed by atoms with Crippen LogP contribution in [0.25, 0.3) is 60.9 Å². The first-order chi connectivity index (χ1) is 32.5. The first-order valence-corrected chi connectivity index (χ1v) is 26.1. The average Bonchev–Trinajstić information content (AvgIpc) is 3.73. The molecule has 0 N–H and O–H groups in total. The van der Waals surface area contributed by atoms with Gasteiger partial charge in [-0.3, -0.25) is 0 Å². The van der Waals surface area contributed by atoms with Crippen molar-refractivity contribution in [3.05, 3.63) is 265 Å². The van der Waals surface area contributed by atoms with Crippen LogP contribution in [0, 0.1) is 0 Å². The molecule has 0 fully saturated rings. The first-order valence-electron chi connectivity index (χ1n) is 23.1. The number of nitrogens with zero attached hydrogens (tertiary/aromatic N) is 2. The highest BCUT2D eigenvalue weighted by Crippen LogP contribution is 2.55. The van der Waals surface area contributed by atoms with E-state index in [4.69, 9.17) is 0 Å². The van der Waals surface area contributed by atoms with Crippen molar-refractivity contribution in [2.75, 3.05) is 4.90 Å². The van der Waals surface area contributed by atoms with Crippen LogP contribution in [0.4, 0.5) is 17.1 Å². The molecular weight excluding hydrogens is 813 g/mol. The molecule has 1 atom stereocenters. The second kappa shape index (κ2) is 14.8. The zero-order valence-corrected chi connectivity index (χ0v) is 38.0. The maximum absolute atomic E-state index is 2.56. The maximum atomic E-state index is 2.56. The van der Waals surface area contributed by atoms with Gasteiger partial charge >= 0.3 is 0 Å². The van der Waals surface area contributed by atoms with Crippen molar-refractivity contribution in [3.63, 3.8) is 0 Å². The van der Waals surface area contributed by atoms with Gasteiger partial charge in [0.2, 0.25) is 0 Å². The molecule has 1 aromatic heterocycles. The molecule has 1 unspecified atom stereocenters. The van der Waals surface area contributed by atoms with Gasteiger partial charge in [0, 0.05) is 27.8 Å². The van der Waals surface area contributed by atoms with Gasteiger partial charge in [-0.2, -0.15) is 0 Å². The van der Waals surface area contributed by atoms with E-state index in [1.165, 1.54) is 93.5 Å². The van der Waals surface area contributed by atoms with E-state index >= 15 is 0 Å². The Balaban J connectivity index is 0.978. The standard InChI is InChI=1S/C63H46N2Si/c1-66(2)60-27-14-11-23-55(60)63(54-22-10-13-26-59(54)65-58-25-12-9-20-52(58)53-21-15-24-56(63)62(53)65)57-42-48(34-41-61(57)66)47-32-39-51(40-33-47)64(49-35-28-45(29-36-49)43-16-5-3-6-17-43)50-37-30-46(31-38-50)44-18-7-4-8-19-44/h3-42H,1-2H3. The van der Waals surface area contributed by atoms with Crippen LogP contribution in [0.3, 0.4) is 0 Å². The molecule has 10 aromatic carbocycles. The summed E-state index contributed by atoms with van der Waals surface area (Å²) >= 11 is 0. The highest BCUT2D eigenvalue weighted by Gasteiger charge is 2.53. The number of rotatable bonds is 6. The number of fused-ring (bicyclic) bond motifs is 11. The van der Waals surface area contributed by atoms with Crippen LogP contribution < -0.4 is 15.3 Å². The topological polar surface area (TPSA) is 8.17 Å². The van der Waals surface area contributed by atoms with Crippen molar-refractivity contribution >= 4 is 57.3 Å². The van der Waals surface area contributed by atoms with E-state index in [-0.39, 0.29) is 0 Å². The van der Waals surface area contributed by atoms with Gasteiger partial charge in [-0.1, -0.05) is 201 Å². The molecule has 0 saturated heterocycles. The van der Waals surface area contributed by atoms with Gasteiger partial charge in [0.25, 0.3) is 0 Å². The van der Waals surface area contributed by atoms with Gasteiger partial charge in [0.05, 0.1) is 22.1 Å².